The van der Waals surface area contributed by atoms with Crippen LogP contribution in [0.3, 0.4) is 0 Å². The van der Waals surface area contributed by atoms with E-state index in [4.69, 9.17) is 9.88 Å². The Morgan fingerprint density at radius 2 is 2.26 bits per heavy atom. The van der Waals surface area contributed by atoms with E-state index in [9.17, 15) is 13.2 Å². The Hall–Kier alpha value is -1.44. The van der Waals surface area contributed by atoms with Gasteiger partial charge in [0.15, 0.2) is 0 Å². The first-order valence-corrected chi connectivity index (χ1v) is 7.48. The van der Waals surface area contributed by atoms with Crippen LogP contribution in [0, 0.1) is 5.92 Å². The summed E-state index contributed by atoms with van der Waals surface area (Å²) in [5.41, 5.74) is 0.693. The smallest absolute Gasteiger partial charge is 0.238 e. The summed E-state index contributed by atoms with van der Waals surface area (Å²) in [5, 5.41) is 7.81. The van der Waals surface area contributed by atoms with Crippen LogP contribution in [0.1, 0.15) is 12.0 Å². The molecule has 104 valence electrons. The molecule has 1 saturated heterocycles. The van der Waals surface area contributed by atoms with E-state index in [1.165, 1.54) is 12.1 Å². The van der Waals surface area contributed by atoms with Gasteiger partial charge in [0, 0.05) is 13.2 Å². The Bertz CT molecular complexity index is 565. The van der Waals surface area contributed by atoms with Crippen molar-refractivity contribution in [2.75, 3.05) is 13.2 Å². The number of rotatable bonds is 4. The lowest BCUT2D eigenvalue weighted by molar-refractivity contribution is -0.125. The molecular formula is C12H16N2O4S. The Morgan fingerprint density at radius 3 is 2.89 bits per heavy atom. The van der Waals surface area contributed by atoms with Gasteiger partial charge in [-0.2, -0.15) is 0 Å². The summed E-state index contributed by atoms with van der Waals surface area (Å²) < 4.78 is 27.5. The average molecular weight is 284 g/mol. The molecule has 1 atom stereocenters. The quantitative estimate of drug-likeness (QED) is 0.812. The van der Waals surface area contributed by atoms with Crippen molar-refractivity contribution < 1.29 is 17.9 Å². The zero-order valence-electron chi connectivity index (χ0n) is 10.3. The van der Waals surface area contributed by atoms with Crippen LogP contribution >= 0.6 is 0 Å². The van der Waals surface area contributed by atoms with E-state index in [-0.39, 0.29) is 23.3 Å². The molecule has 6 nitrogen and oxygen atoms in total. The van der Waals surface area contributed by atoms with E-state index in [0.717, 1.165) is 6.42 Å². The van der Waals surface area contributed by atoms with Crippen molar-refractivity contribution >= 4 is 15.9 Å². The number of carbonyl (C=O) groups excluding carboxylic acids is 1. The van der Waals surface area contributed by atoms with Gasteiger partial charge in [-0.05, 0) is 24.1 Å². The first kappa shape index (κ1) is 14.0. The Labute approximate surface area is 112 Å². The number of sulfonamides is 1. The molecule has 2 rings (SSSR count). The minimum atomic E-state index is -3.71. The summed E-state index contributed by atoms with van der Waals surface area (Å²) in [5.74, 6) is -0.181. The SMILES string of the molecule is NS(=O)(=O)c1cccc(CNC(=O)C2CCOC2)c1. The lowest BCUT2D eigenvalue weighted by atomic mass is 10.1. The second-order valence-corrected chi connectivity index (χ2v) is 6.03. The topological polar surface area (TPSA) is 98.5 Å². The maximum atomic E-state index is 11.8. The summed E-state index contributed by atoms with van der Waals surface area (Å²) >= 11 is 0. The predicted octanol–water partition coefficient (Wildman–Crippen LogP) is -0.0133. The third kappa shape index (κ3) is 3.76. The van der Waals surface area contributed by atoms with Gasteiger partial charge < -0.3 is 10.1 Å². The summed E-state index contributed by atoms with van der Waals surface area (Å²) in [7, 11) is -3.71. The van der Waals surface area contributed by atoms with E-state index < -0.39 is 10.0 Å². The minimum Gasteiger partial charge on any atom is -0.381 e. The van der Waals surface area contributed by atoms with E-state index >= 15 is 0 Å². The summed E-state index contributed by atoms with van der Waals surface area (Å²) in [6.45, 7) is 1.33. The van der Waals surface area contributed by atoms with Crippen LogP contribution in [0.15, 0.2) is 29.2 Å². The van der Waals surface area contributed by atoms with Crippen LogP contribution < -0.4 is 10.5 Å². The second-order valence-electron chi connectivity index (χ2n) is 4.47. The molecule has 1 aromatic carbocycles. The Kier molecular flexibility index (Phi) is 4.18. The number of nitrogens with one attached hydrogen (secondary N) is 1. The monoisotopic (exact) mass is 284 g/mol. The second kappa shape index (κ2) is 5.68. The molecule has 1 aliphatic rings. The summed E-state index contributed by atoms with van der Waals surface area (Å²) in [6.07, 6.45) is 0.725. The van der Waals surface area contributed by atoms with Crippen LogP contribution in [0.2, 0.25) is 0 Å². The van der Waals surface area contributed by atoms with Gasteiger partial charge in [-0.25, -0.2) is 13.6 Å². The maximum Gasteiger partial charge on any atom is 0.238 e. The van der Waals surface area contributed by atoms with Crippen molar-refractivity contribution in [2.24, 2.45) is 11.1 Å². The van der Waals surface area contributed by atoms with E-state index in [0.29, 0.717) is 18.8 Å². The zero-order valence-corrected chi connectivity index (χ0v) is 11.2. The fourth-order valence-corrected chi connectivity index (χ4v) is 2.49. The first-order chi connectivity index (χ1) is 8.97. The number of ether oxygens (including phenoxy) is 1. The molecule has 1 aromatic rings. The summed E-state index contributed by atoms with van der Waals surface area (Å²) in [6, 6.07) is 6.21. The minimum absolute atomic E-state index is 0.0449. The zero-order chi connectivity index (χ0) is 13.9. The number of hydrogen-bond donors (Lipinski definition) is 2. The van der Waals surface area contributed by atoms with Gasteiger partial charge in [-0.15, -0.1) is 0 Å². The molecule has 1 amide bonds. The van der Waals surface area contributed by atoms with Crippen LogP contribution in [0.25, 0.3) is 0 Å². The van der Waals surface area contributed by atoms with Crippen molar-refractivity contribution in [3.8, 4) is 0 Å². The van der Waals surface area contributed by atoms with Gasteiger partial charge in [0.05, 0.1) is 17.4 Å². The van der Waals surface area contributed by atoms with Gasteiger partial charge in [-0.3, -0.25) is 4.79 Å². The normalized spacial score (nSPS) is 19.3. The predicted molar refractivity (Wildman–Crippen MR) is 68.6 cm³/mol. The lowest BCUT2D eigenvalue weighted by Crippen LogP contribution is -2.30. The van der Waals surface area contributed by atoms with E-state index in [1.807, 2.05) is 0 Å². The van der Waals surface area contributed by atoms with Gasteiger partial charge in [0.2, 0.25) is 15.9 Å². The fraction of sp³-hybridized carbons (Fsp3) is 0.417. The molecular weight excluding hydrogens is 268 g/mol. The standard InChI is InChI=1S/C12H16N2O4S/c13-19(16,17)11-3-1-2-9(6-11)7-14-12(15)10-4-5-18-8-10/h1-3,6,10H,4-5,7-8H2,(H,14,15)(H2,13,16,17). The highest BCUT2D eigenvalue weighted by Gasteiger charge is 2.23. The van der Waals surface area contributed by atoms with E-state index in [2.05, 4.69) is 5.32 Å². The molecule has 0 bridgehead atoms. The Balaban J connectivity index is 1.98. The lowest BCUT2D eigenvalue weighted by Gasteiger charge is -2.09. The highest BCUT2D eigenvalue weighted by molar-refractivity contribution is 7.89. The van der Waals surface area contributed by atoms with E-state index in [1.54, 1.807) is 12.1 Å². The molecule has 1 fully saturated rings. The van der Waals surface area contributed by atoms with Crippen molar-refractivity contribution in [1.29, 1.82) is 0 Å². The molecule has 7 heteroatoms. The highest BCUT2D eigenvalue weighted by Crippen LogP contribution is 2.13. The number of carbonyl (C=O) groups is 1. The molecule has 0 aliphatic carbocycles. The third-order valence-corrected chi connectivity index (χ3v) is 3.91. The number of primary sulfonamides is 1. The van der Waals surface area contributed by atoms with Gasteiger partial charge in [0.1, 0.15) is 0 Å². The molecule has 0 spiro atoms. The van der Waals surface area contributed by atoms with Gasteiger partial charge >= 0.3 is 0 Å². The van der Waals surface area contributed by atoms with Crippen LogP contribution in [-0.4, -0.2) is 27.5 Å². The number of amides is 1. The average Bonchev–Trinajstić information content (AvgIpc) is 2.89. The van der Waals surface area contributed by atoms with Crippen LogP contribution in [-0.2, 0) is 26.1 Å². The molecule has 0 radical (unpaired) electrons. The van der Waals surface area contributed by atoms with Crippen LogP contribution in [0.4, 0.5) is 0 Å². The third-order valence-electron chi connectivity index (χ3n) is 2.99. The number of nitrogens with two attached hydrogens (primary N) is 1. The molecule has 1 unspecified atom stereocenters. The molecule has 1 aliphatic heterocycles. The number of benzene rings is 1. The first-order valence-electron chi connectivity index (χ1n) is 5.94. The van der Waals surface area contributed by atoms with Gasteiger partial charge in [-0.1, -0.05) is 12.1 Å². The van der Waals surface area contributed by atoms with Crippen molar-refractivity contribution in [1.82, 2.24) is 5.32 Å². The molecule has 3 N–H and O–H groups in total. The van der Waals surface area contributed by atoms with Crippen LogP contribution in [0.5, 0.6) is 0 Å². The van der Waals surface area contributed by atoms with Crippen molar-refractivity contribution in [3.05, 3.63) is 29.8 Å². The molecule has 1 heterocycles. The Morgan fingerprint density at radius 1 is 1.47 bits per heavy atom. The van der Waals surface area contributed by atoms with Crippen molar-refractivity contribution in [3.63, 3.8) is 0 Å². The van der Waals surface area contributed by atoms with Gasteiger partial charge in [0.25, 0.3) is 0 Å². The number of hydrogen-bond acceptors (Lipinski definition) is 4. The molecule has 0 aromatic heterocycles. The highest BCUT2D eigenvalue weighted by atomic mass is 32.2. The maximum absolute atomic E-state index is 11.8. The van der Waals surface area contributed by atoms with Crippen molar-refractivity contribution in [2.45, 2.75) is 17.9 Å². The largest absolute Gasteiger partial charge is 0.381 e. The summed E-state index contributed by atoms with van der Waals surface area (Å²) in [4.78, 5) is 11.8. The molecule has 19 heavy (non-hydrogen) atoms. The fourth-order valence-electron chi connectivity index (χ4n) is 1.91. The molecule has 0 saturated carbocycles.